The molecule has 4 aromatic heterocycles. The summed E-state index contributed by atoms with van der Waals surface area (Å²) in [5, 5.41) is 28.7. The van der Waals surface area contributed by atoms with Gasteiger partial charge in [0.05, 0.1) is 18.4 Å². The SMILES string of the molecule is CN1CC(n2cc(-c3nc(-c4c[nH]c5ncc(F)cc45)nc(NC4C5CCC(CC5)C4C(O)O)c3F)cn2)C1. The van der Waals surface area contributed by atoms with Crippen molar-refractivity contribution in [2.75, 3.05) is 25.5 Å². The fourth-order valence-electron chi connectivity index (χ4n) is 6.81. The highest BCUT2D eigenvalue weighted by Crippen LogP contribution is 2.47. The molecule has 4 fully saturated rings. The van der Waals surface area contributed by atoms with Crippen LogP contribution >= 0.6 is 0 Å². The number of fused-ring (bicyclic) bond motifs is 4. The van der Waals surface area contributed by atoms with Crippen LogP contribution in [0.25, 0.3) is 33.7 Å². The first-order chi connectivity index (χ1) is 18.9. The van der Waals surface area contributed by atoms with Crippen molar-refractivity contribution in [2.24, 2.45) is 17.8 Å². The van der Waals surface area contributed by atoms with Crippen molar-refractivity contribution < 1.29 is 19.0 Å². The highest BCUT2D eigenvalue weighted by atomic mass is 19.1. The summed E-state index contributed by atoms with van der Waals surface area (Å²) in [7, 11) is 2.03. The second-order valence-corrected chi connectivity index (χ2v) is 11.2. The minimum absolute atomic E-state index is 0.0203. The Morgan fingerprint density at radius 1 is 1.08 bits per heavy atom. The maximum Gasteiger partial charge on any atom is 0.191 e. The number of H-pyrrole nitrogens is 1. The topological polar surface area (TPSA) is 128 Å². The van der Waals surface area contributed by atoms with Crippen LogP contribution in [0.2, 0.25) is 0 Å². The number of rotatable bonds is 6. The van der Waals surface area contributed by atoms with Crippen molar-refractivity contribution in [1.82, 2.24) is 34.6 Å². The van der Waals surface area contributed by atoms with Crippen LogP contribution in [0.3, 0.4) is 0 Å². The van der Waals surface area contributed by atoms with Gasteiger partial charge in [-0.1, -0.05) is 0 Å². The first-order valence-electron chi connectivity index (χ1n) is 13.4. The molecule has 5 heterocycles. The predicted octanol–water partition coefficient (Wildman–Crippen LogP) is 3.18. The number of hydrogen-bond acceptors (Lipinski definition) is 8. The van der Waals surface area contributed by atoms with E-state index in [0.717, 1.165) is 45.0 Å². The molecule has 3 aliphatic carbocycles. The molecule has 2 bridgehead atoms. The van der Waals surface area contributed by atoms with Gasteiger partial charge >= 0.3 is 0 Å². The lowest BCUT2D eigenvalue weighted by molar-refractivity contribution is -0.133. The van der Waals surface area contributed by atoms with Crippen molar-refractivity contribution in [2.45, 2.75) is 44.1 Å². The molecule has 10 nitrogen and oxygen atoms in total. The van der Waals surface area contributed by atoms with Gasteiger partial charge in [-0.25, -0.2) is 23.7 Å². The van der Waals surface area contributed by atoms with Gasteiger partial charge in [0, 0.05) is 54.0 Å². The van der Waals surface area contributed by atoms with E-state index < -0.39 is 23.8 Å². The summed E-state index contributed by atoms with van der Waals surface area (Å²) in [4.78, 5) is 18.4. The molecule has 39 heavy (non-hydrogen) atoms. The smallest absolute Gasteiger partial charge is 0.191 e. The van der Waals surface area contributed by atoms with Gasteiger partial charge in [0.15, 0.2) is 23.7 Å². The van der Waals surface area contributed by atoms with Gasteiger partial charge in [-0.3, -0.25) is 4.68 Å². The van der Waals surface area contributed by atoms with Gasteiger partial charge in [0.2, 0.25) is 0 Å². The Hall–Kier alpha value is -3.48. The highest BCUT2D eigenvalue weighted by molar-refractivity contribution is 5.92. The average molecular weight is 537 g/mol. The van der Waals surface area contributed by atoms with E-state index in [0.29, 0.717) is 22.2 Å². The normalized spacial score (nSPS) is 25.5. The van der Waals surface area contributed by atoms with Crippen molar-refractivity contribution in [3.05, 3.63) is 42.5 Å². The number of halogens is 2. The molecular weight excluding hydrogens is 506 g/mol. The van der Waals surface area contributed by atoms with Crippen LogP contribution in [-0.4, -0.2) is 77.3 Å². The summed E-state index contributed by atoms with van der Waals surface area (Å²) in [6.07, 6.45) is 8.36. The Balaban J connectivity index is 1.33. The molecule has 1 saturated heterocycles. The standard InChI is InChI=1S/C27H30F2N8O2/c1-36-11-17(12-36)37-10-15(7-32-37)23-21(29)26(33-22-14-4-2-13(3-5-14)20(22)27(38)39)35-25(34-23)19-9-31-24-18(19)6-16(28)8-30-24/h6-10,13-14,17,20,22,27,38-39H,2-5,11-12H2,1H3,(H,30,31)(H,33,34,35). The van der Waals surface area contributed by atoms with Gasteiger partial charge in [0.25, 0.3) is 0 Å². The molecule has 3 saturated carbocycles. The molecule has 0 amide bonds. The number of pyridine rings is 1. The Labute approximate surface area is 223 Å². The number of aliphatic hydroxyl groups excluding tert-OH is 1. The number of aromatic amines is 1. The van der Waals surface area contributed by atoms with E-state index in [1.807, 2.05) is 11.7 Å². The Bertz CT molecular complexity index is 1520. The molecule has 4 aliphatic rings. The number of hydrogen-bond donors (Lipinski definition) is 4. The van der Waals surface area contributed by atoms with E-state index in [-0.39, 0.29) is 41.3 Å². The Morgan fingerprint density at radius 3 is 2.59 bits per heavy atom. The van der Waals surface area contributed by atoms with Crippen LogP contribution in [0.1, 0.15) is 31.7 Å². The van der Waals surface area contributed by atoms with Crippen molar-refractivity contribution >= 4 is 16.9 Å². The summed E-state index contributed by atoms with van der Waals surface area (Å²) in [6, 6.07) is 1.20. The van der Waals surface area contributed by atoms with E-state index in [9.17, 15) is 14.6 Å². The molecular formula is C27H30F2N8O2. The molecule has 4 N–H and O–H groups in total. The molecule has 2 atom stereocenters. The highest BCUT2D eigenvalue weighted by Gasteiger charge is 2.47. The van der Waals surface area contributed by atoms with Crippen LogP contribution in [0.15, 0.2) is 30.9 Å². The number of likely N-dealkylation sites (tertiary alicyclic amines) is 1. The summed E-state index contributed by atoms with van der Waals surface area (Å²) < 4.78 is 32.1. The maximum absolute atomic E-state index is 16.2. The van der Waals surface area contributed by atoms with Gasteiger partial charge in [-0.15, -0.1) is 0 Å². The average Bonchev–Trinajstić information content (AvgIpc) is 3.56. The first-order valence-corrected chi connectivity index (χ1v) is 13.4. The number of likely N-dealkylation sites (N-methyl/N-ethyl adjacent to an activating group) is 1. The second kappa shape index (κ2) is 9.32. The van der Waals surface area contributed by atoms with Gasteiger partial charge in [-0.2, -0.15) is 5.10 Å². The van der Waals surface area contributed by atoms with E-state index >= 15 is 4.39 Å². The van der Waals surface area contributed by atoms with Crippen molar-refractivity contribution in [3.8, 4) is 22.6 Å². The second-order valence-electron chi connectivity index (χ2n) is 11.2. The molecule has 12 heteroatoms. The summed E-state index contributed by atoms with van der Waals surface area (Å²) in [5.41, 5.74) is 1.52. The van der Waals surface area contributed by atoms with E-state index in [4.69, 9.17) is 0 Å². The Morgan fingerprint density at radius 2 is 1.85 bits per heavy atom. The molecule has 204 valence electrons. The minimum Gasteiger partial charge on any atom is -0.368 e. The fraction of sp³-hybridized carbons (Fsp3) is 0.481. The van der Waals surface area contributed by atoms with E-state index in [1.165, 1.54) is 6.07 Å². The van der Waals surface area contributed by atoms with Crippen LogP contribution in [0.5, 0.6) is 0 Å². The third-order valence-electron chi connectivity index (χ3n) is 8.81. The number of aliphatic hydroxyl groups is 2. The summed E-state index contributed by atoms with van der Waals surface area (Å²) in [5.74, 6) is -1.07. The minimum atomic E-state index is -1.51. The van der Waals surface area contributed by atoms with Crippen molar-refractivity contribution in [1.29, 1.82) is 0 Å². The lowest BCUT2D eigenvalue weighted by Gasteiger charge is -2.49. The van der Waals surface area contributed by atoms with E-state index in [1.54, 1.807) is 18.6 Å². The molecule has 1 aliphatic heterocycles. The van der Waals surface area contributed by atoms with E-state index in [2.05, 4.69) is 35.3 Å². The van der Waals surface area contributed by atoms with Crippen molar-refractivity contribution in [3.63, 3.8) is 0 Å². The fourth-order valence-corrected chi connectivity index (χ4v) is 6.81. The quantitative estimate of drug-likeness (QED) is 0.277. The summed E-state index contributed by atoms with van der Waals surface area (Å²) >= 11 is 0. The number of aromatic nitrogens is 6. The van der Waals surface area contributed by atoms with Crippen LogP contribution in [0.4, 0.5) is 14.6 Å². The molecule has 8 rings (SSSR count). The first kappa shape index (κ1) is 24.6. The van der Waals surface area contributed by atoms with Gasteiger partial charge in [-0.05, 0) is 50.6 Å². The van der Waals surface area contributed by atoms with Crippen LogP contribution in [0, 0.1) is 29.4 Å². The molecule has 2 unspecified atom stereocenters. The van der Waals surface area contributed by atoms with Crippen LogP contribution < -0.4 is 5.32 Å². The summed E-state index contributed by atoms with van der Waals surface area (Å²) in [6.45, 7) is 1.71. The largest absolute Gasteiger partial charge is 0.368 e. The molecule has 0 spiro atoms. The van der Waals surface area contributed by atoms with Gasteiger partial charge in [0.1, 0.15) is 17.2 Å². The lowest BCUT2D eigenvalue weighted by Crippen LogP contribution is -2.53. The number of nitrogens with zero attached hydrogens (tertiary/aromatic N) is 6. The Kier molecular flexibility index (Phi) is 5.87. The third-order valence-corrected chi connectivity index (χ3v) is 8.81. The van der Waals surface area contributed by atoms with Crippen LogP contribution in [-0.2, 0) is 0 Å². The predicted molar refractivity (Wildman–Crippen MR) is 139 cm³/mol. The zero-order valence-corrected chi connectivity index (χ0v) is 21.4. The molecule has 0 aromatic carbocycles. The molecule has 4 aromatic rings. The maximum atomic E-state index is 16.2. The molecule has 0 radical (unpaired) electrons. The number of nitrogens with one attached hydrogen (secondary N) is 2. The lowest BCUT2D eigenvalue weighted by atomic mass is 9.61. The number of anilines is 1. The third kappa shape index (κ3) is 4.17. The zero-order valence-electron chi connectivity index (χ0n) is 21.4. The monoisotopic (exact) mass is 536 g/mol. The zero-order chi connectivity index (χ0) is 26.8. The van der Waals surface area contributed by atoms with Gasteiger partial charge < -0.3 is 25.4 Å².